The van der Waals surface area contributed by atoms with E-state index in [1.807, 2.05) is 54.7 Å². The molecule has 0 saturated heterocycles. The van der Waals surface area contributed by atoms with Crippen LogP contribution in [-0.2, 0) is 30.9 Å². The Labute approximate surface area is 240 Å². The standard InChI is InChI=1S/C24H24N.C11H8N.Ir/c1-16-14-17(21-12-8-9-13-25-21)22-20(15-16)23(2,3)18-10-6-7-11-19(18)24(22,4)5;1-2-6-10(7-3-1)11-8-4-5-9-12-11;/h6-13,15H,1-5H3;1-6,8-9H;/q2*-1;. The summed E-state index contributed by atoms with van der Waals surface area (Å²) in [4.78, 5) is 8.85. The maximum atomic E-state index is 4.64. The van der Waals surface area contributed by atoms with Crippen molar-refractivity contribution >= 4 is 0 Å². The van der Waals surface area contributed by atoms with Gasteiger partial charge in [0.1, 0.15) is 0 Å². The molecule has 1 aliphatic carbocycles. The quantitative estimate of drug-likeness (QED) is 0.176. The summed E-state index contributed by atoms with van der Waals surface area (Å²) < 4.78 is 0. The second kappa shape index (κ2) is 11.2. The van der Waals surface area contributed by atoms with E-state index < -0.39 is 0 Å². The average molecular weight is 673 g/mol. The van der Waals surface area contributed by atoms with E-state index in [9.17, 15) is 0 Å². The van der Waals surface area contributed by atoms with Gasteiger partial charge < -0.3 is 9.97 Å². The van der Waals surface area contributed by atoms with Crippen LogP contribution in [0, 0.1) is 19.1 Å². The number of pyridine rings is 2. The van der Waals surface area contributed by atoms with Gasteiger partial charge in [0.25, 0.3) is 0 Å². The number of hydrogen-bond acceptors (Lipinski definition) is 2. The molecule has 1 radical (unpaired) electrons. The minimum Gasteiger partial charge on any atom is -0.305 e. The van der Waals surface area contributed by atoms with E-state index >= 15 is 0 Å². The molecule has 193 valence electrons. The molecular weight excluding hydrogens is 641 g/mol. The molecule has 5 aromatic rings. The first-order valence-corrected chi connectivity index (χ1v) is 12.8. The summed E-state index contributed by atoms with van der Waals surface area (Å²) in [6, 6.07) is 37.7. The van der Waals surface area contributed by atoms with Gasteiger partial charge in [-0.2, -0.15) is 0 Å². The van der Waals surface area contributed by atoms with Crippen LogP contribution >= 0.6 is 0 Å². The molecule has 0 aliphatic heterocycles. The second-order valence-electron chi connectivity index (χ2n) is 10.6. The number of aryl methyl sites for hydroxylation is 1. The molecule has 2 heterocycles. The zero-order chi connectivity index (χ0) is 26.0. The second-order valence-corrected chi connectivity index (χ2v) is 10.6. The monoisotopic (exact) mass is 673 g/mol. The third kappa shape index (κ3) is 5.14. The van der Waals surface area contributed by atoms with E-state index in [2.05, 4.69) is 99.2 Å². The average Bonchev–Trinajstić information content (AvgIpc) is 2.94. The number of hydrogen-bond donors (Lipinski definition) is 0. The zero-order valence-electron chi connectivity index (χ0n) is 22.5. The van der Waals surface area contributed by atoms with Gasteiger partial charge in [0.05, 0.1) is 0 Å². The number of benzene rings is 3. The maximum absolute atomic E-state index is 4.64. The van der Waals surface area contributed by atoms with Gasteiger partial charge in [-0.05, 0) is 45.5 Å². The fourth-order valence-electron chi connectivity index (χ4n) is 5.49. The fourth-order valence-corrected chi connectivity index (χ4v) is 5.49. The van der Waals surface area contributed by atoms with Gasteiger partial charge in [0.2, 0.25) is 0 Å². The first-order chi connectivity index (χ1) is 17.8. The summed E-state index contributed by atoms with van der Waals surface area (Å²) in [5.74, 6) is 0. The van der Waals surface area contributed by atoms with E-state index in [-0.39, 0.29) is 30.9 Å². The molecular formula is C35H32IrN2-2. The SMILES string of the molecule is Cc1[c-]c(-c2ccccn2)c2c(c1)C(C)(C)c1ccccc1C2(C)C.[Ir].[c-]1ccccc1-c1ccccn1. The smallest absolute Gasteiger partial charge is 0.0160 e. The molecule has 38 heavy (non-hydrogen) atoms. The van der Waals surface area contributed by atoms with Crippen molar-refractivity contribution in [1.29, 1.82) is 0 Å². The molecule has 1 aliphatic rings. The van der Waals surface area contributed by atoms with E-state index in [4.69, 9.17) is 0 Å². The van der Waals surface area contributed by atoms with Crippen molar-refractivity contribution in [1.82, 2.24) is 9.97 Å². The largest absolute Gasteiger partial charge is 0.305 e. The summed E-state index contributed by atoms with van der Waals surface area (Å²) >= 11 is 0. The van der Waals surface area contributed by atoms with Crippen LogP contribution in [0.3, 0.4) is 0 Å². The number of rotatable bonds is 2. The minimum atomic E-state index is -0.0848. The van der Waals surface area contributed by atoms with Gasteiger partial charge in [-0.1, -0.05) is 83.1 Å². The predicted molar refractivity (Wildman–Crippen MR) is 152 cm³/mol. The first kappa shape index (κ1) is 27.6. The Morgan fingerprint density at radius 2 is 1.21 bits per heavy atom. The number of aromatic nitrogens is 2. The van der Waals surface area contributed by atoms with Gasteiger partial charge in [-0.15, -0.1) is 70.3 Å². The van der Waals surface area contributed by atoms with Crippen LogP contribution in [0.4, 0.5) is 0 Å². The van der Waals surface area contributed by atoms with Crippen LogP contribution in [0.1, 0.15) is 55.5 Å². The Balaban J connectivity index is 0.000000218. The Morgan fingerprint density at radius 3 is 1.79 bits per heavy atom. The molecule has 0 amide bonds. The van der Waals surface area contributed by atoms with E-state index in [1.165, 1.54) is 27.8 Å². The predicted octanol–water partition coefficient (Wildman–Crippen LogP) is 8.37. The topological polar surface area (TPSA) is 25.8 Å². The normalized spacial score (nSPS) is 14.1. The zero-order valence-corrected chi connectivity index (χ0v) is 24.9. The van der Waals surface area contributed by atoms with E-state index in [1.54, 1.807) is 6.20 Å². The fraction of sp³-hybridized carbons (Fsp3) is 0.200. The van der Waals surface area contributed by atoms with Crippen LogP contribution in [0.15, 0.2) is 103 Å². The Morgan fingerprint density at radius 1 is 0.632 bits per heavy atom. The van der Waals surface area contributed by atoms with Gasteiger partial charge in [0, 0.05) is 32.5 Å². The van der Waals surface area contributed by atoms with Gasteiger partial charge >= 0.3 is 0 Å². The first-order valence-electron chi connectivity index (χ1n) is 12.8. The summed E-state index contributed by atoms with van der Waals surface area (Å²) in [5, 5.41) is 0. The van der Waals surface area contributed by atoms with Crippen LogP contribution in [-0.4, -0.2) is 9.97 Å². The van der Waals surface area contributed by atoms with Crippen LogP contribution in [0.25, 0.3) is 22.5 Å². The summed E-state index contributed by atoms with van der Waals surface area (Å²) in [6.07, 6.45) is 3.66. The summed E-state index contributed by atoms with van der Waals surface area (Å²) in [6.45, 7) is 11.5. The molecule has 0 saturated carbocycles. The maximum Gasteiger partial charge on any atom is 0.0160 e. The Hall–Kier alpha value is -3.39. The molecule has 3 heteroatoms. The van der Waals surface area contributed by atoms with Crippen LogP contribution < -0.4 is 0 Å². The van der Waals surface area contributed by atoms with E-state index in [0.717, 1.165) is 22.5 Å². The van der Waals surface area contributed by atoms with Gasteiger partial charge in [0.15, 0.2) is 0 Å². The number of fused-ring (bicyclic) bond motifs is 2. The molecule has 2 aromatic heterocycles. The van der Waals surface area contributed by atoms with Crippen molar-refractivity contribution in [3.05, 3.63) is 143 Å². The van der Waals surface area contributed by atoms with Crippen molar-refractivity contribution in [2.24, 2.45) is 0 Å². The van der Waals surface area contributed by atoms with Crippen molar-refractivity contribution in [2.45, 2.75) is 45.4 Å². The van der Waals surface area contributed by atoms with Crippen molar-refractivity contribution in [3.8, 4) is 22.5 Å². The molecule has 2 nitrogen and oxygen atoms in total. The number of nitrogens with zero attached hydrogens (tertiary/aromatic N) is 2. The molecule has 0 spiro atoms. The third-order valence-electron chi connectivity index (χ3n) is 7.35. The molecule has 0 fully saturated rings. The van der Waals surface area contributed by atoms with Gasteiger partial charge in [-0.3, -0.25) is 0 Å². The van der Waals surface area contributed by atoms with Crippen molar-refractivity contribution < 1.29 is 20.1 Å². The Bertz CT molecular complexity index is 1470. The van der Waals surface area contributed by atoms with Gasteiger partial charge in [-0.25, -0.2) is 0 Å². The Kier molecular flexibility index (Phi) is 8.11. The van der Waals surface area contributed by atoms with Crippen LogP contribution in [0.5, 0.6) is 0 Å². The molecule has 0 N–H and O–H groups in total. The summed E-state index contributed by atoms with van der Waals surface area (Å²) in [5.41, 5.74) is 10.8. The minimum absolute atomic E-state index is 0. The summed E-state index contributed by atoms with van der Waals surface area (Å²) in [7, 11) is 0. The molecule has 0 unspecified atom stereocenters. The molecule has 0 atom stereocenters. The van der Waals surface area contributed by atoms with Crippen molar-refractivity contribution in [2.75, 3.05) is 0 Å². The van der Waals surface area contributed by atoms with Crippen LogP contribution in [0.2, 0.25) is 0 Å². The molecule has 6 rings (SSSR count). The molecule has 3 aromatic carbocycles. The van der Waals surface area contributed by atoms with Crippen molar-refractivity contribution in [3.63, 3.8) is 0 Å². The third-order valence-corrected chi connectivity index (χ3v) is 7.35. The van der Waals surface area contributed by atoms with E-state index in [0.29, 0.717) is 0 Å². The molecule has 0 bridgehead atoms.